The topological polar surface area (TPSA) is 86.7 Å². The van der Waals surface area contributed by atoms with Crippen molar-refractivity contribution in [3.05, 3.63) is 48.0 Å². The summed E-state index contributed by atoms with van der Waals surface area (Å²) in [5.74, 6) is -0.108. The van der Waals surface area contributed by atoms with Gasteiger partial charge in [0.2, 0.25) is 0 Å². The zero-order valence-electron chi connectivity index (χ0n) is 15.3. The van der Waals surface area contributed by atoms with Crippen molar-refractivity contribution in [2.45, 2.75) is 50.3 Å². The van der Waals surface area contributed by atoms with E-state index >= 15 is 0 Å². The van der Waals surface area contributed by atoms with Gasteiger partial charge in [-0.3, -0.25) is 4.55 Å². The molecule has 0 aromatic heterocycles. The van der Waals surface area contributed by atoms with E-state index in [-0.39, 0.29) is 62.0 Å². The number of hydrogen-bond acceptors (Lipinski definition) is 4. The monoisotopic (exact) mass is 402 g/mol. The Kier molecular flexibility index (Phi) is 10.4. The molecule has 2 aromatic carbocycles. The van der Waals surface area contributed by atoms with E-state index in [9.17, 15) is 13.5 Å². The molecule has 0 saturated carbocycles. The van der Waals surface area contributed by atoms with Gasteiger partial charge in [-0.15, -0.1) is 0 Å². The van der Waals surface area contributed by atoms with Crippen LogP contribution in [0.15, 0.2) is 47.4 Å². The van der Waals surface area contributed by atoms with E-state index in [0.717, 1.165) is 36.6 Å². The Morgan fingerprint density at radius 2 is 1.77 bits per heavy atom. The second-order valence-corrected chi connectivity index (χ2v) is 7.42. The van der Waals surface area contributed by atoms with Crippen molar-refractivity contribution in [1.82, 2.24) is 0 Å². The molecule has 0 aliphatic carbocycles. The number of hydrogen-bond donors (Lipinski definition) is 1. The van der Waals surface area contributed by atoms with E-state index in [0.29, 0.717) is 5.75 Å². The van der Waals surface area contributed by atoms with E-state index in [1.54, 1.807) is 6.07 Å². The summed E-state index contributed by atoms with van der Waals surface area (Å²) in [7, 11) is -4.38. The quantitative estimate of drug-likeness (QED) is 0.388. The van der Waals surface area contributed by atoms with Gasteiger partial charge in [0.1, 0.15) is 11.5 Å². The van der Waals surface area contributed by atoms with Crippen molar-refractivity contribution in [3.63, 3.8) is 0 Å². The molecule has 136 valence electrons. The number of rotatable bonds is 9. The van der Waals surface area contributed by atoms with Gasteiger partial charge in [-0.05, 0) is 36.6 Å². The summed E-state index contributed by atoms with van der Waals surface area (Å²) < 4.78 is 37.0. The molecule has 26 heavy (non-hydrogen) atoms. The van der Waals surface area contributed by atoms with Crippen LogP contribution in [0.25, 0.3) is 0 Å². The van der Waals surface area contributed by atoms with E-state index in [4.69, 9.17) is 9.29 Å². The molecule has 2 rings (SSSR count). The molecular formula is C19H23KO5S. The van der Waals surface area contributed by atoms with E-state index in [1.807, 2.05) is 18.2 Å². The molecule has 2 aromatic rings. The maximum Gasteiger partial charge on any atom is 1.00 e. The number of aryl methyl sites for hydroxylation is 1. The molecule has 0 aliphatic rings. The Bertz CT molecular complexity index is 805. The smallest absolute Gasteiger partial charge is 0.870 e. The second kappa shape index (κ2) is 11.4. The standard InChI is InChI=1S/C19H24O5S.K/c1-2-3-4-5-6-8-15-9-7-10-16(13-15)24-19-14-17(25(21,22)23)11-12-18(19)20;/h7,9-14,20H,2-6,8H2,1H3,(H,21,22,23);/q;+1/p-1. The summed E-state index contributed by atoms with van der Waals surface area (Å²) in [5.41, 5.74) is 1.10. The van der Waals surface area contributed by atoms with Crippen molar-refractivity contribution in [2.75, 3.05) is 0 Å². The first-order valence-electron chi connectivity index (χ1n) is 8.45. The molecule has 1 N–H and O–H groups in total. The molecule has 0 spiro atoms. The average molecular weight is 403 g/mol. The molecule has 0 saturated heterocycles. The van der Waals surface area contributed by atoms with Gasteiger partial charge in [0, 0.05) is 6.07 Å². The SMILES string of the molecule is CCCCCCCc1cccc(Oc2cc(S(=O)(=O)O)ccc2[O-])c1.[K+]. The average Bonchev–Trinajstić information content (AvgIpc) is 2.56. The van der Waals surface area contributed by atoms with Crippen molar-refractivity contribution in [1.29, 1.82) is 0 Å². The number of benzene rings is 2. The zero-order valence-corrected chi connectivity index (χ0v) is 19.2. The van der Waals surface area contributed by atoms with Crippen LogP contribution in [0.1, 0.15) is 44.6 Å². The predicted molar refractivity (Wildman–Crippen MR) is 94.7 cm³/mol. The van der Waals surface area contributed by atoms with Crippen LogP contribution in [-0.2, 0) is 16.5 Å². The maximum atomic E-state index is 11.9. The Labute approximate surface area is 198 Å². The van der Waals surface area contributed by atoms with Crippen LogP contribution in [-0.4, -0.2) is 13.0 Å². The van der Waals surface area contributed by atoms with Crippen LogP contribution in [0.4, 0.5) is 0 Å². The van der Waals surface area contributed by atoms with Gasteiger partial charge < -0.3 is 9.84 Å². The Morgan fingerprint density at radius 3 is 2.46 bits per heavy atom. The van der Waals surface area contributed by atoms with Crippen LogP contribution in [0, 0.1) is 0 Å². The number of unbranched alkanes of at least 4 members (excludes halogenated alkanes) is 4. The first kappa shape index (κ1) is 23.6. The summed E-state index contributed by atoms with van der Waals surface area (Å²) >= 11 is 0. The number of ether oxygens (including phenoxy) is 1. The van der Waals surface area contributed by atoms with Crippen LogP contribution < -0.4 is 61.2 Å². The largest absolute Gasteiger partial charge is 1.00 e. The van der Waals surface area contributed by atoms with Crippen molar-refractivity contribution < 1.29 is 74.2 Å². The third-order valence-corrected chi connectivity index (χ3v) is 4.76. The van der Waals surface area contributed by atoms with Crippen molar-refractivity contribution in [3.8, 4) is 17.2 Å². The van der Waals surface area contributed by atoms with Gasteiger partial charge in [0.15, 0.2) is 0 Å². The minimum atomic E-state index is -4.38. The molecule has 0 atom stereocenters. The minimum absolute atomic E-state index is 0. The summed E-state index contributed by atoms with van der Waals surface area (Å²) in [5, 5.41) is 11.9. The third-order valence-electron chi connectivity index (χ3n) is 3.91. The Hall–Kier alpha value is -0.414. The summed E-state index contributed by atoms with van der Waals surface area (Å²) in [6.45, 7) is 2.18. The minimum Gasteiger partial charge on any atom is -0.870 e. The van der Waals surface area contributed by atoms with E-state index < -0.39 is 15.9 Å². The first-order valence-corrected chi connectivity index (χ1v) is 9.89. The van der Waals surface area contributed by atoms with Crippen molar-refractivity contribution >= 4 is 10.1 Å². The van der Waals surface area contributed by atoms with Crippen LogP contribution in [0.5, 0.6) is 17.2 Å². The van der Waals surface area contributed by atoms with Crippen LogP contribution in [0.3, 0.4) is 0 Å². The molecule has 0 fully saturated rings. The molecular weight excluding hydrogens is 379 g/mol. The molecule has 0 aliphatic heterocycles. The fraction of sp³-hybridized carbons (Fsp3) is 0.368. The van der Waals surface area contributed by atoms with Crippen LogP contribution in [0.2, 0.25) is 0 Å². The summed E-state index contributed by atoms with van der Waals surface area (Å²) in [4.78, 5) is -0.367. The molecule has 0 amide bonds. The van der Waals surface area contributed by atoms with Gasteiger partial charge in [-0.2, -0.15) is 8.42 Å². The van der Waals surface area contributed by atoms with Crippen molar-refractivity contribution in [2.24, 2.45) is 0 Å². The Balaban J connectivity index is 0.00000338. The maximum absolute atomic E-state index is 11.9. The molecule has 0 unspecified atom stereocenters. The summed E-state index contributed by atoms with van der Waals surface area (Å²) in [6, 6.07) is 10.6. The molecule has 7 heteroatoms. The van der Waals surface area contributed by atoms with Gasteiger partial charge in [-0.25, -0.2) is 0 Å². The van der Waals surface area contributed by atoms with E-state index in [2.05, 4.69) is 6.92 Å². The molecule has 0 radical (unpaired) electrons. The first-order chi connectivity index (χ1) is 11.9. The van der Waals surface area contributed by atoms with Gasteiger partial charge in [0.25, 0.3) is 10.1 Å². The molecule has 5 nitrogen and oxygen atoms in total. The molecule has 0 bridgehead atoms. The van der Waals surface area contributed by atoms with E-state index in [1.165, 1.54) is 25.7 Å². The van der Waals surface area contributed by atoms with Crippen LogP contribution >= 0.6 is 0 Å². The molecule has 0 heterocycles. The zero-order chi connectivity index (χ0) is 18.3. The normalized spacial score (nSPS) is 11.0. The second-order valence-electron chi connectivity index (χ2n) is 6.00. The predicted octanol–water partition coefficient (Wildman–Crippen LogP) is 1.32. The summed E-state index contributed by atoms with van der Waals surface area (Å²) in [6.07, 6.45) is 6.89. The third kappa shape index (κ3) is 7.68. The fourth-order valence-electron chi connectivity index (χ4n) is 2.55. The van der Waals surface area contributed by atoms with Gasteiger partial charge >= 0.3 is 51.4 Å². The Morgan fingerprint density at radius 1 is 1.04 bits per heavy atom. The van der Waals surface area contributed by atoms with Gasteiger partial charge in [0.05, 0.1) is 4.90 Å². The van der Waals surface area contributed by atoms with Gasteiger partial charge in [-0.1, -0.05) is 56.6 Å². The fourth-order valence-corrected chi connectivity index (χ4v) is 3.05.